The molecule has 7 heteroatoms. The summed E-state index contributed by atoms with van der Waals surface area (Å²) in [5.41, 5.74) is 0.131. The van der Waals surface area contributed by atoms with E-state index in [4.69, 9.17) is 4.74 Å². The molecule has 21 heavy (non-hydrogen) atoms. The van der Waals surface area contributed by atoms with E-state index in [0.717, 1.165) is 0 Å². The summed E-state index contributed by atoms with van der Waals surface area (Å²) in [5, 5.41) is 9.27. The number of rotatable bonds is 7. The molecule has 2 N–H and O–H groups in total. The fraction of sp³-hybridized carbons (Fsp3) is 0.571. The van der Waals surface area contributed by atoms with Gasteiger partial charge in [-0.25, -0.2) is 13.1 Å². The second kappa shape index (κ2) is 6.74. The van der Waals surface area contributed by atoms with Crippen LogP contribution in [0.25, 0.3) is 0 Å². The van der Waals surface area contributed by atoms with Gasteiger partial charge in [-0.05, 0) is 46.1 Å². The van der Waals surface area contributed by atoms with Crippen LogP contribution in [0.15, 0.2) is 23.1 Å². The fourth-order valence-electron chi connectivity index (χ4n) is 1.56. The highest BCUT2D eigenvalue weighted by molar-refractivity contribution is 7.89. The Morgan fingerprint density at radius 2 is 1.95 bits per heavy atom. The number of aliphatic hydroxyl groups excluding tert-OH is 1. The number of methoxy groups -OCH3 is 1. The van der Waals surface area contributed by atoms with Crippen LogP contribution in [0.2, 0.25) is 0 Å². The van der Waals surface area contributed by atoms with Crippen molar-refractivity contribution in [3.8, 4) is 5.75 Å². The maximum atomic E-state index is 12.3. The van der Waals surface area contributed by atoms with Crippen molar-refractivity contribution in [1.29, 1.82) is 0 Å². The van der Waals surface area contributed by atoms with Gasteiger partial charge in [-0.3, -0.25) is 0 Å². The third-order valence-electron chi connectivity index (χ3n) is 3.64. The molecule has 0 unspecified atom stereocenters. The van der Waals surface area contributed by atoms with Gasteiger partial charge in [-0.2, -0.15) is 0 Å². The Balaban J connectivity index is 2.98. The summed E-state index contributed by atoms with van der Waals surface area (Å²) in [7, 11) is 1.63. The van der Waals surface area contributed by atoms with E-state index in [1.54, 1.807) is 0 Å². The zero-order valence-corrected chi connectivity index (χ0v) is 14.0. The molecule has 1 aromatic rings. The lowest BCUT2D eigenvalue weighted by Crippen LogP contribution is -2.48. The first kappa shape index (κ1) is 17.9. The van der Waals surface area contributed by atoms with Crippen molar-refractivity contribution in [1.82, 2.24) is 9.62 Å². The molecule has 120 valence electrons. The molecular weight excluding hydrogens is 292 g/mol. The minimum atomic E-state index is -3.63. The van der Waals surface area contributed by atoms with Crippen molar-refractivity contribution >= 4 is 10.0 Å². The average Bonchev–Trinajstić information content (AvgIpc) is 2.44. The Kier molecular flexibility index (Phi) is 5.75. The molecule has 0 aliphatic carbocycles. The molecule has 0 aromatic heterocycles. The molecule has 0 saturated heterocycles. The van der Waals surface area contributed by atoms with Gasteiger partial charge >= 0.3 is 0 Å². The number of ether oxygens (including phenoxy) is 1. The number of hydrogen-bond donors (Lipinski definition) is 2. The molecule has 0 atom stereocenters. The van der Waals surface area contributed by atoms with Gasteiger partial charge in [-0.1, -0.05) is 0 Å². The number of nitrogens with one attached hydrogen (secondary N) is 1. The third kappa shape index (κ3) is 4.41. The lowest BCUT2D eigenvalue weighted by atomic mass is 10.1. The Morgan fingerprint density at radius 3 is 2.43 bits per heavy atom. The van der Waals surface area contributed by atoms with Crippen LogP contribution in [0.3, 0.4) is 0 Å². The first-order valence-corrected chi connectivity index (χ1v) is 8.07. The largest absolute Gasteiger partial charge is 0.496 e. The highest BCUT2D eigenvalue weighted by Crippen LogP contribution is 2.22. The van der Waals surface area contributed by atoms with Crippen LogP contribution < -0.4 is 9.46 Å². The third-order valence-corrected chi connectivity index (χ3v) is 5.04. The van der Waals surface area contributed by atoms with Crippen molar-refractivity contribution < 1.29 is 18.3 Å². The van der Waals surface area contributed by atoms with Crippen molar-refractivity contribution in [3.05, 3.63) is 23.8 Å². The summed E-state index contributed by atoms with van der Waals surface area (Å²) in [6.45, 7) is 3.89. The van der Waals surface area contributed by atoms with Crippen LogP contribution in [0.1, 0.15) is 19.4 Å². The maximum absolute atomic E-state index is 12.3. The van der Waals surface area contributed by atoms with Crippen LogP contribution >= 0.6 is 0 Å². The summed E-state index contributed by atoms with van der Waals surface area (Å²) < 4.78 is 32.3. The van der Waals surface area contributed by atoms with Crippen molar-refractivity contribution in [3.63, 3.8) is 0 Å². The minimum absolute atomic E-state index is 0.113. The zero-order valence-electron chi connectivity index (χ0n) is 13.2. The predicted octanol–water partition coefficient (Wildman–Crippen LogP) is 0.806. The smallest absolute Gasteiger partial charge is 0.240 e. The van der Waals surface area contributed by atoms with Crippen molar-refractivity contribution in [2.75, 3.05) is 27.7 Å². The van der Waals surface area contributed by atoms with Gasteiger partial charge < -0.3 is 14.7 Å². The number of sulfonamides is 1. The van der Waals surface area contributed by atoms with Gasteiger partial charge in [0.1, 0.15) is 5.75 Å². The van der Waals surface area contributed by atoms with Crippen LogP contribution in [0.5, 0.6) is 5.75 Å². The summed E-state index contributed by atoms with van der Waals surface area (Å²) in [6, 6.07) is 4.42. The van der Waals surface area contributed by atoms with Crippen LogP contribution in [0.4, 0.5) is 0 Å². The molecule has 0 fully saturated rings. The molecule has 6 nitrogen and oxygen atoms in total. The van der Waals surface area contributed by atoms with Gasteiger partial charge in [0.05, 0.1) is 18.6 Å². The fourth-order valence-corrected chi connectivity index (χ4v) is 2.81. The average molecular weight is 316 g/mol. The Bertz CT molecular complexity index is 583. The van der Waals surface area contributed by atoms with E-state index in [2.05, 4.69) is 4.72 Å². The van der Waals surface area contributed by atoms with Gasteiger partial charge in [0, 0.05) is 17.6 Å². The highest BCUT2D eigenvalue weighted by atomic mass is 32.2. The summed E-state index contributed by atoms with van der Waals surface area (Å²) in [4.78, 5) is 2.06. The summed E-state index contributed by atoms with van der Waals surface area (Å²) in [6.07, 6.45) is 0. The van der Waals surface area contributed by atoms with E-state index in [1.165, 1.54) is 25.3 Å². The van der Waals surface area contributed by atoms with E-state index in [1.807, 2.05) is 32.8 Å². The van der Waals surface area contributed by atoms with Crippen LogP contribution in [-0.4, -0.2) is 51.7 Å². The Labute approximate surface area is 126 Å². The molecule has 0 bridgehead atoms. The molecule has 1 rings (SSSR count). The predicted molar refractivity (Wildman–Crippen MR) is 81.9 cm³/mol. The highest BCUT2D eigenvalue weighted by Gasteiger charge is 2.24. The van der Waals surface area contributed by atoms with Crippen LogP contribution in [0, 0.1) is 0 Å². The van der Waals surface area contributed by atoms with Crippen molar-refractivity contribution in [2.45, 2.75) is 30.9 Å². The molecular formula is C14H24N2O4S. The number of nitrogens with zero attached hydrogens (tertiary/aromatic N) is 1. The number of benzene rings is 1. The number of aliphatic hydroxyl groups is 1. The molecule has 0 spiro atoms. The lowest BCUT2D eigenvalue weighted by Gasteiger charge is -2.32. The normalized spacial score (nSPS) is 12.7. The van der Waals surface area contributed by atoms with Gasteiger partial charge in [0.2, 0.25) is 10.0 Å². The minimum Gasteiger partial charge on any atom is -0.496 e. The van der Waals surface area contributed by atoms with E-state index in [9.17, 15) is 13.5 Å². The Hall–Kier alpha value is -1.15. The van der Waals surface area contributed by atoms with Crippen LogP contribution in [-0.2, 0) is 16.6 Å². The van der Waals surface area contributed by atoms with Gasteiger partial charge in [0.25, 0.3) is 0 Å². The number of hydrogen-bond acceptors (Lipinski definition) is 5. The van der Waals surface area contributed by atoms with Gasteiger partial charge in [0.15, 0.2) is 0 Å². The van der Waals surface area contributed by atoms with E-state index < -0.39 is 10.0 Å². The molecule has 0 heterocycles. The molecule has 0 aliphatic rings. The second-order valence-electron chi connectivity index (χ2n) is 5.66. The molecule has 0 aliphatic heterocycles. The molecule has 0 saturated carbocycles. The molecule has 1 aromatic carbocycles. The maximum Gasteiger partial charge on any atom is 0.240 e. The summed E-state index contributed by atoms with van der Waals surface area (Å²) in [5.74, 6) is 0.463. The molecule has 0 amide bonds. The monoisotopic (exact) mass is 316 g/mol. The first-order chi connectivity index (χ1) is 9.64. The van der Waals surface area contributed by atoms with E-state index in [0.29, 0.717) is 11.3 Å². The quantitative estimate of drug-likeness (QED) is 0.778. The Morgan fingerprint density at radius 1 is 1.33 bits per heavy atom. The van der Waals surface area contributed by atoms with Gasteiger partial charge in [-0.15, -0.1) is 0 Å². The molecule has 0 radical (unpaired) electrons. The zero-order chi connectivity index (χ0) is 16.3. The summed E-state index contributed by atoms with van der Waals surface area (Å²) >= 11 is 0. The second-order valence-corrected chi connectivity index (χ2v) is 7.43. The standard InChI is InChI=1S/C14H24N2O4S/c1-14(2,16(3)4)10-15-21(18,19)12-6-7-13(20-5)11(8-12)9-17/h6-8,15,17H,9-10H2,1-5H3. The lowest BCUT2D eigenvalue weighted by molar-refractivity contribution is 0.199. The topological polar surface area (TPSA) is 78.9 Å². The van der Waals surface area contributed by atoms with E-state index >= 15 is 0 Å². The van der Waals surface area contributed by atoms with Crippen molar-refractivity contribution in [2.24, 2.45) is 0 Å². The van der Waals surface area contributed by atoms with E-state index in [-0.39, 0.29) is 23.6 Å². The SMILES string of the molecule is COc1ccc(S(=O)(=O)NCC(C)(C)N(C)C)cc1CO. The first-order valence-electron chi connectivity index (χ1n) is 6.59. The number of likely N-dealkylation sites (N-methyl/N-ethyl adjacent to an activating group) is 1.